The van der Waals surface area contributed by atoms with Crippen molar-refractivity contribution in [3.05, 3.63) is 65.9 Å². The largest absolute Gasteiger partial charge is 0.488 e. The molecule has 0 saturated heterocycles. The van der Waals surface area contributed by atoms with Crippen molar-refractivity contribution in [3.63, 3.8) is 0 Å². The van der Waals surface area contributed by atoms with E-state index in [1.807, 2.05) is 58.9 Å². The number of para-hydroxylation sites is 1. The SMILES string of the molecule is CC(C)C[C@H](NC(=O)[C@H](Cc1c[nH]c2ccccc12)NC(=O)CNC(=O)[C@H](Cc1ccc(OC(C)(C)C)cc1)NC(=O)[C@H](C)N)C(=O)N[C@H]([C]=O)CC(N)=O. The van der Waals surface area contributed by atoms with E-state index < -0.39 is 84.2 Å². The molecule has 2 aromatic carbocycles. The number of aromatic amines is 1. The summed E-state index contributed by atoms with van der Waals surface area (Å²) in [5.41, 5.74) is 12.7. The molecule has 1 radical (unpaired) electrons. The molecule has 0 spiro atoms. The zero-order chi connectivity index (χ0) is 40.9. The minimum atomic E-state index is -1.31. The van der Waals surface area contributed by atoms with E-state index in [1.165, 1.54) is 6.92 Å². The lowest BCUT2D eigenvalue weighted by atomic mass is 10.0. The van der Waals surface area contributed by atoms with Crippen molar-refractivity contribution in [2.75, 3.05) is 6.54 Å². The Morgan fingerprint density at radius 2 is 1.42 bits per heavy atom. The number of hydrogen-bond donors (Lipinski definition) is 8. The van der Waals surface area contributed by atoms with Crippen molar-refractivity contribution in [3.8, 4) is 5.75 Å². The molecular weight excluding hydrogens is 708 g/mol. The average molecular weight is 762 g/mol. The van der Waals surface area contributed by atoms with Crippen molar-refractivity contribution >= 4 is 52.6 Å². The van der Waals surface area contributed by atoms with Gasteiger partial charge >= 0.3 is 0 Å². The van der Waals surface area contributed by atoms with Crippen molar-refractivity contribution in [1.29, 1.82) is 0 Å². The number of aromatic nitrogens is 1. The van der Waals surface area contributed by atoms with Crippen LogP contribution in [-0.2, 0) is 46.4 Å². The van der Waals surface area contributed by atoms with Crippen molar-refractivity contribution in [2.24, 2.45) is 17.4 Å². The molecule has 16 nitrogen and oxygen atoms in total. The molecule has 3 rings (SSSR count). The molecule has 0 unspecified atom stereocenters. The first kappa shape index (κ1) is 43.6. The first-order valence-corrected chi connectivity index (χ1v) is 18.1. The molecular formula is C39H53N8O8. The Balaban J connectivity index is 1.79. The fraction of sp³-hybridized carbons (Fsp3) is 0.462. The summed E-state index contributed by atoms with van der Waals surface area (Å²) in [7, 11) is 0. The number of carbonyl (C=O) groups excluding carboxylic acids is 7. The molecule has 0 aliphatic carbocycles. The van der Waals surface area contributed by atoms with Gasteiger partial charge in [-0.2, -0.15) is 0 Å². The highest BCUT2D eigenvalue weighted by Gasteiger charge is 2.30. The summed E-state index contributed by atoms with van der Waals surface area (Å²) in [4.78, 5) is 92.4. The Labute approximate surface area is 320 Å². The van der Waals surface area contributed by atoms with Gasteiger partial charge in [-0.3, -0.25) is 33.6 Å². The molecule has 3 aromatic rings. The van der Waals surface area contributed by atoms with Gasteiger partial charge in [0, 0.05) is 29.9 Å². The number of benzene rings is 2. The third kappa shape index (κ3) is 14.5. The Hall–Kier alpha value is -5.77. The number of primary amides is 1. The second-order valence-electron chi connectivity index (χ2n) is 14.9. The van der Waals surface area contributed by atoms with Crippen LogP contribution in [0.3, 0.4) is 0 Å². The normalized spacial score (nSPS) is 14.1. The molecule has 0 bridgehead atoms. The van der Waals surface area contributed by atoms with Crippen LogP contribution in [0.4, 0.5) is 0 Å². The van der Waals surface area contributed by atoms with E-state index in [0.29, 0.717) is 16.9 Å². The lowest BCUT2D eigenvalue weighted by Gasteiger charge is -2.25. The first-order valence-electron chi connectivity index (χ1n) is 18.1. The van der Waals surface area contributed by atoms with Crippen LogP contribution in [0.25, 0.3) is 10.9 Å². The van der Waals surface area contributed by atoms with Crippen LogP contribution in [0.5, 0.6) is 5.75 Å². The van der Waals surface area contributed by atoms with E-state index >= 15 is 0 Å². The van der Waals surface area contributed by atoms with E-state index in [9.17, 15) is 33.6 Å². The van der Waals surface area contributed by atoms with Crippen LogP contribution in [0.15, 0.2) is 54.7 Å². The summed E-state index contributed by atoms with van der Waals surface area (Å²) >= 11 is 0. The van der Waals surface area contributed by atoms with E-state index in [2.05, 4.69) is 31.6 Å². The van der Waals surface area contributed by atoms with Crippen LogP contribution >= 0.6 is 0 Å². The summed E-state index contributed by atoms with van der Waals surface area (Å²) in [5.74, 6) is -3.70. The van der Waals surface area contributed by atoms with Crippen LogP contribution in [0.2, 0.25) is 0 Å². The Kier molecular flexibility index (Phi) is 15.9. The summed E-state index contributed by atoms with van der Waals surface area (Å²) in [6.45, 7) is 10.3. The predicted molar refractivity (Wildman–Crippen MR) is 206 cm³/mol. The number of nitrogens with one attached hydrogen (secondary N) is 6. The maximum Gasteiger partial charge on any atom is 0.243 e. The van der Waals surface area contributed by atoms with E-state index in [4.69, 9.17) is 16.2 Å². The number of amides is 6. The first-order chi connectivity index (χ1) is 25.8. The molecule has 0 aliphatic heterocycles. The predicted octanol–water partition coefficient (Wildman–Crippen LogP) is 0.564. The highest BCUT2D eigenvalue weighted by molar-refractivity contribution is 5.96. The second-order valence-corrected chi connectivity index (χ2v) is 14.9. The van der Waals surface area contributed by atoms with Crippen LogP contribution in [-0.4, -0.2) is 89.1 Å². The van der Waals surface area contributed by atoms with Crippen molar-refractivity contribution < 1.29 is 38.3 Å². The summed E-state index contributed by atoms with van der Waals surface area (Å²) in [6.07, 6.45) is 3.03. The van der Waals surface area contributed by atoms with Gasteiger partial charge < -0.3 is 47.8 Å². The van der Waals surface area contributed by atoms with Gasteiger partial charge in [0.15, 0.2) is 0 Å². The molecule has 0 saturated carbocycles. The Morgan fingerprint density at radius 3 is 2.02 bits per heavy atom. The van der Waals surface area contributed by atoms with E-state index in [1.54, 1.807) is 36.7 Å². The quantitative estimate of drug-likeness (QED) is 0.0800. The zero-order valence-electron chi connectivity index (χ0n) is 32.1. The number of ether oxygens (including phenoxy) is 1. The van der Waals surface area contributed by atoms with Gasteiger partial charge in [-0.1, -0.05) is 44.2 Å². The fourth-order valence-corrected chi connectivity index (χ4v) is 5.63. The van der Waals surface area contributed by atoms with Crippen LogP contribution < -0.4 is 42.8 Å². The molecule has 1 heterocycles. The number of nitrogens with two attached hydrogens (primary N) is 2. The monoisotopic (exact) mass is 761 g/mol. The van der Waals surface area contributed by atoms with Gasteiger partial charge in [0.05, 0.1) is 19.0 Å². The second kappa shape index (κ2) is 20.1. The average Bonchev–Trinajstić information content (AvgIpc) is 3.51. The number of rotatable bonds is 20. The molecule has 297 valence electrons. The summed E-state index contributed by atoms with van der Waals surface area (Å²) in [5, 5.41) is 13.7. The Morgan fingerprint density at radius 1 is 0.800 bits per heavy atom. The van der Waals surface area contributed by atoms with E-state index in [0.717, 1.165) is 10.9 Å². The minimum absolute atomic E-state index is 0.0000389. The van der Waals surface area contributed by atoms with Gasteiger partial charge in [0.25, 0.3) is 0 Å². The third-order valence-electron chi connectivity index (χ3n) is 8.21. The highest BCUT2D eigenvalue weighted by atomic mass is 16.5. The Bertz CT molecular complexity index is 1820. The molecule has 1 aromatic heterocycles. The van der Waals surface area contributed by atoms with Gasteiger partial charge in [0.1, 0.15) is 35.5 Å². The van der Waals surface area contributed by atoms with Crippen molar-refractivity contribution in [2.45, 2.75) is 103 Å². The van der Waals surface area contributed by atoms with Gasteiger partial charge in [-0.05, 0) is 69.4 Å². The maximum absolute atomic E-state index is 13.9. The van der Waals surface area contributed by atoms with Gasteiger partial charge in [0.2, 0.25) is 41.7 Å². The molecule has 55 heavy (non-hydrogen) atoms. The molecule has 16 heteroatoms. The van der Waals surface area contributed by atoms with Crippen molar-refractivity contribution in [1.82, 2.24) is 31.6 Å². The zero-order valence-corrected chi connectivity index (χ0v) is 32.1. The van der Waals surface area contributed by atoms with Gasteiger partial charge in [-0.25, -0.2) is 0 Å². The molecule has 6 amide bonds. The standard InChI is InChI=1S/C39H53N8O8/c1-22(2)15-30(37(53)44-26(21-48)18-33(41)49)47-38(54)32(17-25-19-42-29-10-8-7-9-28(25)29)45-34(50)20-43-36(52)31(46-35(51)23(3)40)16-24-11-13-27(14-12-24)55-39(4,5)6/h7-14,19,22-23,26,30-32,42H,15-18,20,40H2,1-6H3,(H2,41,49)(H,43,52)(H,44,53)(H,45,50)(H,46,51)(H,47,54)/t23-,26-,30-,31-,32-/m0/s1. The lowest BCUT2D eigenvalue weighted by Crippen LogP contribution is -2.57. The molecule has 5 atom stereocenters. The van der Waals surface area contributed by atoms with E-state index in [-0.39, 0.29) is 25.2 Å². The smallest absolute Gasteiger partial charge is 0.243 e. The van der Waals surface area contributed by atoms with Crippen LogP contribution in [0, 0.1) is 5.92 Å². The molecule has 0 aliphatic rings. The summed E-state index contributed by atoms with van der Waals surface area (Å²) < 4.78 is 5.86. The number of fused-ring (bicyclic) bond motifs is 1. The van der Waals surface area contributed by atoms with Crippen LogP contribution in [0.1, 0.15) is 65.5 Å². The highest BCUT2D eigenvalue weighted by Crippen LogP contribution is 2.21. The number of hydrogen-bond acceptors (Lipinski definition) is 9. The molecule has 0 fully saturated rings. The number of carbonyl (C=O) groups is 6. The maximum atomic E-state index is 13.9. The number of H-pyrrole nitrogens is 1. The third-order valence-corrected chi connectivity index (χ3v) is 8.21. The fourth-order valence-electron chi connectivity index (χ4n) is 5.63. The topological polar surface area (TPSA) is 257 Å². The summed E-state index contributed by atoms with van der Waals surface area (Å²) in [6, 6.07) is 8.72. The molecule has 10 N–H and O–H groups in total. The van der Waals surface area contributed by atoms with Gasteiger partial charge in [-0.15, -0.1) is 0 Å². The minimum Gasteiger partial charge on any atom is -0.488 e. The lowest BCUT2D eigenvalue weighted by molar-refractivity contribution is -0.133.